The fraction of sp³-hybridized carbons (Fsp3) is 0.350. The lowest BCUT2D eigenvalue weighted by atomic mass is 10.0. The fourth-order valence-corrected chi connectivity index (χ4v) is 3.86. The highest BCUT2D eigenvalue weighted by molar-refractivity contribution is 7.92. The first kappa shape index (κ1) is 20.2. The van der Waals surface area contributed by atoms with Crippen LogP contribution in [0.4, 0.5) is 11.4 Å². The minimum absolute atomic E-state index is 0.0793. The standard InChI is InChI=1S/C20H24N2O5S/c1-20(2)19(23)22(3)17-10-9-16(13-18(17)27-20)21-28(24,25)12-11-26-14-15-7-5-4-6-8-15/h4-10,13,21H,11-12,14H2,1-3H3. The number of sulfonamides is 1. The SMILES string of the molecule is CN1C(=O)C(C)(C)Oc2cc(NS(=O)(=O)CCOCc3ccccc3)ccc21. The lowest BCUT2D eigenvalue weighted by Crippen LogP contribution is -2.50. The zero-order valence-corrected chi connectivity index (χ0v) is 17.0. The molecule has 0 saturated heterocycles. The fourth-order valence-electron chi connectivity index (χ4n) is 2.93. The molecule has 0 radical (unpaired) electrons. The quantitative estimate of drug-likeness (QED) is 0.718. The van der Waals surface area contributed by atoms with Crippen molar-refractivity contribution in [3.05, 3.63) is 54.1 Å². The molecule has 1 N–H and O–H groups in total. The summed E-state index contributed by atoms with van der Waals surface area (Å²) < 4.78 is 38.4. The molecule has 28 heavy (non-hydrogen) atoms. The number of rotatable bonds is 7. The summed E-state index contributed by atoms with van der Waals surface area (Å²) in [4.78, 5) is 13.8. The number of hydrogen-bond donors (Lipinski definition) is 1. The number of nitrogens with one attached hydrogen (secondary N) is 1. The summed E-state index contributed by atoms with van der Waals surface area (Å²) in [6.45, 7) is 3.79. The van der Waals surface area contributed by atoms with Gasteiger partial charge in [0.05, 0.1) is 30.3 Å². The Kier molecular flexibility index (Phi) is 5.62. The minimum Gasteiger partial charge on any atom is -0.476 e. The van der Waals surface area contributed by atoms with Crippen LogP contribution in [0.5, 0.6) is 5.75 Å². The summed E-state index contributed by atoms with van der Waals surface area (Å²) in [5.74, 6) is 0.123. The van der Waals surface area contributed by atoms with Crippen molar-refractivity contribution in [1.29, 1.82) is 0 Å². The third-order valence-corrected chi connectivity index (χ3v) is 5.64. The van der Waals surface area contributed by atoms with Crippen LogP contribution in [0.3, 0.4) is 0 Å². The van der Waals surface area contributed by atoms with Gasteiger partial charge in [-0.25, -0.2) is 8.42 Å². The molecule has 8 heteroatoms. The number of nitrogens with zero attached hydrogens (tertiary/aromatic N) is 1. The second-order valence-electron chi connectivity index (χ2n) is 7.12. The first-order valence-corrected chi connectivity index (χ1v) is 10.6. The molecule has 2 aromatic carbocycles. The van der Waals surface area contributed by atoms with E-state index in [2.05, 4.69) is 4.72 Å². The van der Waals surface area contributed by atoms with Gasteiger partial charge < -0.3 is 14.4 Å². The Bertz CT molecular complexity index is 958. The molecule has 3 rings (SSSR count). The van der Waals surface area contributed by atoms with E-state index < -0.39 is 15.6 Å². The van der Waals surface area contributed by atoms with Crippen LogP contribution in [0.1, 0.15) is 19.4 Å². The number of carbonyl (C=O) groups excluding carboxylic acids is 1. The number of fused-ring (bicyclic) bond motifs is 1. The molecule has 0 atom stereocenters. The van der Waals surface area contributed by atoms with Crippen molar-refractivity contribution >= 4 is 27.3 Å². The first-order chi connectivity index (χ1) is 13.2. The van der Waals surface area contributed by atoms with Crippen molar-refractivity contribution in [1.82, 2.24) is 0 Å². The zero-order valence-electron chi connectivity index (χ0n) is 16.1. The third kappa shape index (κ3) is 4.63. The van der Waals surface area contributed by atoms with E-state index in [0.717, 1.165) is 5.56 Å². The molecule has 1 amide bonds. The molecular weight excluding hydrogens is 380 g/mol. The van der Waals surface area contributed by atoms with Crippen molar-refractivity contribution < 1.29 is 22.7 Å². The van der Waals surface area contributed by atoms with Gasteiger partial charge in [-0.05, 0) is 31.5 Å². The van der Waals surface area contributed by atoms with Crippen molar-refractivity contribution in [2.75, 3.05) is 29.0 Å². The number of anilines is 2. The summed E-state index contributed by atoms with van der Waals surface area (Å²) in [5, 5.41) is 0. The van der Waals surface area contributed by atoms with Crippen LogP contribution in [0.2, 0.25) is 0 Å². The molecule has 0 unspecified atom stereocenters. The molecule has 0 saturated carbocycles. The summed E-state index contributed by atoms with van der Waals surface area (Å²) in [6, 6.07) is 14.4. The molecule has 0 bridgehead atoms. The predicted octanol–water partition coefficient (Wildman–Crippen LogP) is 2.78. The largest absolute Gasteiger partial charge is 0.476 e. The van der Waals surface area contributed by atoms with E-state index in [1.165, 1.54) is 4.90 Å². The molecule has 1 aliphatic heterocycles. The van der Waals surface area contributed by atoms with E-state index in [1.54, 1.807) is 39.1 Å². The van der Waals surface area contributed by atoms with Crippen LogP contribution in [0.15, 0.2) is 48.5 Å². The molecule has 2 aromatic rings. The molecule has 0 aromatic heterocycles. The molecule has 1 heterocycles. The van der Waals surface area contributed by atoms with Crippen LogP contribution in [0, 0.1) is 0 Å². The van der Waals surface area contributed by atoms with Crippen LogP contribution in [-0.2, 0) is 26.2 Å². The van der Waals surface area contributed by atoms with Gasteiger partial charge in [0.1, 0.15) is 5.75 Å². The van der Waals surface area contributed by atoms with E-state index in [1.807, 2.05) is 30.3 Å². The van der Waals surface area contributed by atoms with Gasteiger partial charge in [0, 0.05) is 13.1 Å². The summed E-state index contributed by atoms with van der Waals surface area (Å²) in [6.07, 6.45) is 0. The van der Waals surface area contributed by atoms with E-state index in [-0.39, 0.29) is 18.3 Å². The Balaban J connectivity index is 1.61. The molecule has 7 nitrogen and oxygen atoms in total. The number of carbonyl (C=O) groups is 1. The predicted molar refractivity (Wildman–Crippen MR) is 108 cm³/mol. The van der Waals surface area contributed by atoms with Crippen molar-refractivity contribution in [3.63, 3.8) is 0 Å². The Labute approximate surface area is 165 Å². The summed E-state index contributed by atoms with van der Waals surface area (Å²) in [7, 11) is -1.91. The van der Waals surface area contributed by atoms with Gasteiger partial charge in [0.15, 0.2) is 5.60 Å². The highest BCUT2D eigenvalue weighted by atomic mass is 32.2. The van der Waals surface area contributed by atoms with Gasteiger partial charge in [-0.3, -0.25) is 9.52 Å². The summed E-state index contributed by atoms with van der Waals surface area (Å²) >= 11 is 0. The van der Waals surface area contributed by atoms with Gasteiger partial charge in [-0.15, -0.1) is 0 Å². The molecular formula is C20H24N2O5S. The highest BCUT2D eigenvalue weighted by Crippen LogP contribution is 2.38. The van der Waals surface area contributed by atoms with Crippen LogP contribution < -0.4 is 14.4 Å². The van der Waals surface area contributed by atoms with Crippen LogP contribution in [0.25, 0.3) is 0 Å². The Morgan fingerprint density at radius 2 is 1.86 bits per heavy atom. The van der Waals surface area contributed by atoms with E-state index in [9.17, 15) is 13.2 Å². The zero-order chi connectivity index (χ0) is 20.4. The number of hydrogen-bond acceptors (Lipinski definition) is 5. The Morgan fingerprint density at radius 1 is 1.14 bits per heavy atom. The number of ether oxygens (including phenoxy) is 2. The second-order valence-corrected chi connectivity index (χ2v) is 8.96. The number of likely N-dealkylation sites (N-methyl/N-ethyl adjacent to an activating group) is 1. The Hall–Kier alpha value is -2.58. The van der Waals surface area contributed by atoms with Gasteiger partial charge in [-0.1, -0.05) is 30.3 Å². The van der Waals surface area contributed by atoms with Gasteiger partial charge in [0.25, 0.3) is 5.91 Å². The molecule has 150 valence electrons. The highest BCUT2D eigenvalue weighted by Gasteiger charge is 2.39. The smallest absolute Gasteiger partial charge is 0.270 e. The maximum Gasteiger partial charge on any atom is 0.270 e. The average molecular weight is 404 g/mol. The van der Waals surface area contributed by atoms with E-state index >= 15 is 0 Å². The maximum absolute atomic E-state index is 12.3. The van der Waals surface area contributed by atoms with Crippen LogP contribution in [-0.4, -0.2) is 39.3 Å². The van der Waals surface area contributed by atoms with Gasteiger partial charge in [0.2, 0.25) is 10.0 Å². The molecule has 1 aliphatic rings. The Morgan fingerprint density at radius 3 is 2.57 bits per heavy atom. The van der Waals surface area contributed by atoms with Gasteiger partial charge >= 0.3 is 0 Å². The number of amides is 1. The van der Waals surface area contributed by atoms with Crippen LogP contribution >= 0.6 is 0 Å². The number of benzene rings is 2. The maximum atomic E-state index is 12.3. The second kappa shape index (κ2) is 7.81. The topological polar surface area (TPSA) is 84.9 Å². The first-order valence-electron chi connectivity index (χ1n) is 8.91. The monoisotopic (exact) mass is 404 g/mol. The normalized spacial score (nSPS) is 15.7. The molecule has 0 fully saturated rings. The lowest BCUT2D eigenvalue weighted by molar-refractivity contribution is -0.132. The minimum atomic E-state index is -3.58. The van der Waals surface area contributed by atoms with Gasteiger partial charge in [-0.2, -0.15) is 0 Å². The molecule has 0 spiro atoms. The van der Waals surface area contributed by atoms with Crippen molar-refractivity contribution in [2.45, 2.75) is 26.1 Å². The summed E-state index contributed by atoms with van der Waals surface area (Å²) in [5.41, 5.74) is 0.949. The van der Waals surface area contributed by atoms with Crippen molar-refractivity contribution in [2.24, 2.45) is 0 Å². The van der Waals surface area contributed by atoms with E-state index in [0.29, 0.717) is 23.7 Å². The van der Waals surface area contributed by atoms with Crippen molar-refractivity contribution in [3.8, 4) is 5.75 Å². The lowest BCUT2D eigenvalue weighted by Gasteiger charge is -2.37. The molecule has 0 aliphatic carbocycles. The third-order valence-electron chi connectivity index (χ3n) is 4.39. The van der Waals surface area contributed by atoms with E-state index in [4.69, 9.17) is 9.47 Å². The average Bonchev–Trinajstić information content (AvgIpc) is 2.64.